The Morgan fingerprint density at radius 3 is 2.18 bits per heavy atom. The number of carbonyl (C=O) groups excluding carboxylic acids is 2. The Hall–Kier alpha value is -4.06. The van der Waals surface area contributed by atoms with E-state index in [9.17, 15) is 31.5 Å². The number of amides is 2. The third kappa shape index (κ3) is 7.03. The lowest BCUT2D eigenvalue weighted by Crippen LogP contribution is -2.51. The number of rotatable bonds is 7. The normalized spacial score (nSPS) is 15.1. The maximum absolute atomic E-state index is 13.6. The van der Waals surface area contributed by atoms with Crippen molar-refractivity contribution in [3.8, 4) is 5.88 Å². The molecule has 1 aliphatic rings. The van der Waals surface area contributed by atoms with Crippen LogP contribution in [0.15, 0.2) is 66.9 Å². The van der Waals surface area contributed by atoms with Crippen LogP contribution < -0.4 is 10.1 Å². The van der Waals surface area contributed by atoms with Crippen LogP contribution in [0.1, 0.15) is 22.0 Å². The van der Waals surface area contributed by atoms with E-state index < -0.39 is 42.3 Å². The Balaban J connectivity index is 1.44. The zero-order valence-electron chi connectivity index (χ0n) is 19.9. The largest absolute Gasteiger partial charge is 0.468 e. The second-order valence-electron chi connectivity index (χ2n) is 8.58. The van der Waals surface area contributed by atoms with E-state index in [0.29, 0.717) is 24.7 Å². The summed E-state index contributed by atoms with van der Waals surface area (Å²) in [6.07, 6.45) is -3.31. The molecule has 0 radical (unpaired) electrons. The molecule has 0 aliphatic carbocycles. The second-order valence-corrected chi connectivity index (χ2v) is 8.58. The number of carbonyl (C=O) groups is 2. The van der Waals surface area contributed by atoms with Gasteiger partial charge in [0.1, 0.15) is 17.7 Å². The van der Waals surface area contributed by atoms with E-state index in [4.69, 9.17) is 0 Å². The van der Waals surface area contributed by atoms with Crippen LogP contribution in [0.5, 0.6) is 5.88 Å². The molecule has 1 aromatic heterocycles. The summed E-state index contributed by atoms with van der Waals surface area (Å²) in [6.45, 7) is -0.427. The molecule has 1 N–H and O–H groups in total. The van der Waals surface area contributed by atoms with Gasteiger partial charge in [0.05, 0.1) is 11.9 Å². The summed E-state index contributed by atoms with van der Waals surface area (Å²) in [5.74, 6) is -2.85. The Labute approximate surface area is 214 Å². The second kappa shape index (κ2) is 11.5. The van der Waals surface area contributed by atoms with Crippen molar-refractivity contribution in [1.82, 2.24) is 14.8 Å². The van der Waals surface area contributed by atoms with Crippen LogP contribution in [0.3, 0.4) is 0 Å². The topological polar surface area (TPSA) is 74.8 Å². The van der Waals surface area contributed by atoms with E-state index >= 15 is 0 Å². The van der Waals surface area contributed by atoms with Crippen molar-refractivity contribution in [3.05, 3.63) is 89.6 Å². The van der Waals surface area contributed by atoms with Crippen LogP contribution in [0, 0.1) is 11.6 Å². The smallest absolute Gasteiger partial charge is 0.422 e. The van der Waals surface area contributed by atoms with Gasteiger partial charge in [0, 0.05) is 43.9 Å². The Morgan fingerprint density at radius 2 is 1.61 bits per heavy atom. The van der Waals surface area contributed by atoms with Crippen molar-refractivity contribution in [2.75, 3.05) is 38.1 Å². The molecular formula is C26H23F5N4O3. The molecule has 1 saturated heterocycles. The number of hydrogen-bond donors (Lipinski definition) is 1. The van der Waals surface area contributed by atoms with E-state index in [1.165, 1.54) is 23.2 Å². The summed E-state index contributed by atoms with van der Waals surface area (Å²) in [5, 5.41) is 2.72. The maximum atomic E-state index is 13.6. The molecule has 3 aromatic rings. The Morgan fingerprint density at radius 1 is 0.947 bits per heavy atom. The highest BCUT2D eigenvalue weighted by Crippen LogP contribution is 2.25. The number of nitrogens with zero attached hydrogens (tertiary/aromatic N) is 3. The number of benzene rings is 2. The van der Waals surface area contributed by atoms with Crippen molar-refractivity contribution in [2.24, 2.45) is 0 Å². The molecule has 2 aromatic carbocycles. The number of aromatic nitrogens is 1. The van der Waals surface area contributed by atoms with Crippen LogP contribution in [0.4, 0.5) is 27.6 Å². The quantitative estimate of drug-likeness (QED) is 0.454. The van der Waals surface area contributed by atoms with Crippen LogP contribution in [0.25, 0.3) is 0 Å². The average Bonchev–Trinajstić information content (AvgIpc) is 2.88. The molecule has 0 unspecified atom stereocenters. The molecule has 4 rings (SSSR count). The molecule has 0 bridgehead atoms. The number of pyridine rings is 1. The molecular weight excluding hydrogens is 511 g/mol. The molecule has 2 heterocycles. The van der Waals surface area contributed by atoms with Gasteiger partial charge in [0.15, 0.2) is 6.61 Å². The van der Waals surface area contributed by atoms with E-state index in [2.05, 4.69) is 15.0 Å². The molecule has 1 atom stereocenters. The minimum Gasteiger partial charge on any atom is -0.468 e. The fraction of sp³-hybridized carbons (Fsp3) is 0.269. The average molecular weight is 534 g/mol. The minimum absolute atomic E-state index is 0.0940. The molecule has 2 amide bonds. The highest BCUT2D eigenvalue weighted by molar-refractivity contribution is 5.96. The van der Waals surface area contributed by atoms with E-state index in [1.807, 2.05) is 4.90 Å². The first kappa shape index (κ1) is 27.0. The van der Waals surface area contributed by atoms with Crippen molar-refractivity contribution >= 4 is 17.5 Å². The first-order chi connectivity index (χ1) is 18.1. The number of nitrogens with one attached hydrogen (secondary N) is 1. The van der Waals surface area contributed by atoms with E-state index in [0.717, 1.165) is 12.1 Å². The minimum atomic E-state index is -4.50. The number of hydrogen-bond acceptors (Lipinski definition) is 5. The number of ether oxygens (including phenoxy) is 1. The van der Waals surface area contributed by atoms with Gasteiger partial charge >= 0.3 is 6.18 Å². The molecule has 0 spiro atoms. The number of halogens is 5. The van der Waals surface area contributed by atoms with Gasteiger partial charge in [-0.15, -0.1) is 0 Å². The van der Waals surface area contributed by atoms with E-state index in [1.54, 1.807) is 30.3 Å². The van der Waals surface area contributed by atoms with Crippen molar-refractivity contribution < 1.29 is 36.3 Å². The lowest BCUT2D eigenvalue weighted by molar-refractivity contribution is -0.154. The van der Waals surface area contributed by atoms with E-state index in [-0.39, 0.29) is 30.2 Å². The number of anilines is 1. The first-order valence-electron chi connectivity index (χ1n) is 11.6. The fourth-order valence-corrected chi connectivity index (χ4v) is 4.11. The summed E-state index contributed by atoms with van der Waals surface area (Å²) in [4.78, 5) is 33.3. The van der Waals surface area contributed by atoms with Crippen LogP contribution >= 0.6 is 0 Å². The van der Waals surface area contributed by atoms with Gasteiger partial charge in [-0.3, -0.25) is 14.5 Å². The predicted octanol–water partition coefficient (Wildman–Crippen LogP) is 4.44. The standard InChI is InChI=1S/C26H23F5N4O3/c27-19-12-18(13-20(28)14-19)25(37)35-10-8-34(9-11-35)23(17-4-2-1-3-5-17)24(36)33-21-6-7-22(32-15-21)38-16-26(29,30)31/h1-7,12-15,23H,8-11,16H2,(H,33,36)/t23-/m1/s1. The Bertz CT molecular complexity index is 1240. The van der Waals surface area contributed by atoms with Gasteiger partial charge in [0.2, 0.25) is 11.8 Å². The summed E-state index contributed by atoms with van der Waals surface area (Å²) < 4.78 is 68.7. The van der Waals surface area contributed by atoms with Gasteiger partial charge in [-0.1, -0.05) is 30.3 Å². The lowest BCUT2D eigenvalue weighted by atomic mass is 10.0. The Kier molecular flexibility index (Phi) is 8.20. The van der Waals surface area contributed by atoms with Gasteiger partial charge in [-0.05, 0) is 23.8 Å². The van der Waals surface area contributed by atoms with Crippen molar-refractivity contribution in [2.45, 2.75) is 12.2 Å². The maximum Gasteiger partial charge on any atom is 0.422 e. The third-order valence-corrected chi connectivity index (χ3v) is 5.83. The monoisotopic (exact) mass is 534 g/mol. The fourth-order valence-electron chi connectivity index (χ4n) is 4.11. The van der Waals surface area contributed by atoms with Gasteiger partial charge in [0.25, 0.3) is 5.91 Å². The van der Waals surface area contributed by atoms with Gasteiger partial charge < -0.3 is 15.0 Å². The molecule has 7 nitrogen and oxygen atoms in total. The summed E-state index contributed by atoms with van der Waals surface area (Å²) in [5.41, 5.74) is 0.857. The first-order valence-corrected chi connectivity index (χ1v) is 11.6. The molecule has 12 heteroatoms. The van der Waals surface area contributed by atoms with Crippen LogP contribution in [-0.2, 0) is 4.79 Å². The van der Waals surface area contributed by atoms with Gasteiger partial charge in [-0.2, -0.15) is 13.2 Å². The molecule has 1 fully saturated rings. The number of piperazine rings is 1. The molecule has 200 valence electrons. The molecule has 1 aliphatic heterocycles. The third-order valence-electron chi connectivity index (χ3n) is 5.83. The highest BCUT2D eigenvalue weighted by Gasteiger charge is 2.32. The summed E-state index contributed by atoms with van der Waals surface area (Å²) in [6, 6.07) is 13.4. The summed E-state index contributed by atoms with van der Waals surface area (Å²) in [7, 11) is 0. The zero-order chi connectivity index (χ0) is 27.3. The van der Waals surface area contributed by atoms with Crippen molar-refractivity contribution in [3.63, 3.8) is 0 Å². The molecule has 0 saturated carbocycles. The highest BCUT2D eigenvalue weighted by atomic mass is 19.4. The predicted molar refractivity (Wildman–Crippen MR) is 127 cm³/mol. The number of alkyl halides is 3. The van der Waals surface area contributed by atoms with Crippen molar-refractivity contribution in [1.29, 1.82) is 0 Å². The molecule has 38 heavy (non-hydrogen) atoms. The van der Waals surface area contributed by atoms with Crippen LogP contribution in [-0.4, -0.2) is 65.6 Å². The lowest BCUT2D eigenvalue weighted by Gasteiger charge is -2.38. The zero-order valence-corrected chi connectivity index (χ0v) is 19.9. The SMILES string of the molecule is O=C(Nc1ccc(OCC(F)(F)F)nc1)[C@@H](c1ccccc1)N1CCN(C(=O)c2cc(F)cc(F)c2)CC1. The van der Waals surface area contributed by atoms with Gasteiger partial charge in [-0.25, -0.2) is 13.8 Å². The summed E-state index contributed by atoms with van der Waals surface area (Å²) >= 11 is 0. The van der Waals surface area contributed by atoms with Crippen LogP contribution in [0.2, 0.25) is 0 Å².